The molecule has 0 fully saturated rings. The van der Waals surface area contributed by atoms with Crippen LogP contribution in [0.25, 0.3) is 0 Å². The van der Waals surface area contributed by atoms with Gasteiger partial charge in [-0.1, -0.05) is 65.2 Å². The van der Waals surface area contributed by atoms with Crippen molar-refractivity contribution in [3.05, 3.63) is 24.7 Å². The molecule has 0 aromatic rings. The zero-order valence-electron chi connectivity index (χ0n) is 21.4. The van der Waals surface area contributed by atoms with E-state index in [-0.39, 0.29) is 0 Å². The standard InChI is InChI=1S/C18H35O4P.C6H15NO3/c1-3-5-7-9-11-13-15-17-21-23(19,20)22-18-16-14-12-10-8-6-4-2;1-4(8)7(5(2)9)6(3)10/h15-18H,3-14H2,1-2H3,(H,19,20);4-6,8-10H,1-3H3. The van der Waals surface area contributed by atoms with Crippen LogP contribution in [0.15, 0.2) is 24.7 Å². The number of allylic oxidation sites excluding steroid dienone is 2. The van der Waals surface area contributed by atoms with E-state index in [0.29, 0.717) is 0 Å². The van der Waals surface area contributed by atoms with Gasteiger partial charge in [-0.05, 0) is 58.6 Å². The molecule has 0 bridgehead atoms. The molecule has 0 aliphatic rings. The molecule has 0 aromatic carbocycles. The van der Waals surface area contributed by atoms with Gasteiger partial charge in [-0.25, -0.2) is 9.46 Å². The lowest BCUT2D eigenvalue weighted by Crippen LogP contribution is -2.45. The molecule has 0 heterocycles. The molecule has 198 valence electrons. The van der Waals surface area contributed by atoms with Crippen molar-refractivity contribution in [2.75, 3.05) is 0 Å². The van der Waals surface area contributed by atoms with Crippen molar-refractivity contribution < 1.29 is 33.8 Å². The second kappa shape index (κ2) is 22.9. The lowest BCUT2D eigenvalue weighted by molar-refractivity contribution is -0.159. The monoisotopic (exact) mass is 495 g/mol. The minimum absolute atomic E-state index is 0.833. The van der Waals surface area contributed by atoms with Crippen molar-refractivity contribution in [2.45, 2.75) is 130 Å². The topological polar surface area (TPSA) is 120 Å². The number of hydrogen-bond donors (Lipinski definition) is 4. The van der Waals surface area contributed by atoms with Crippen LogP contribution in [0.5, 0.6) is 0 Å². The maximum absolute atomic E-state index is 11.6. The largest absolute Gasteiger partial charge is 0.583 e. The summed E-state index contributed by atoms with van der Waals surface area (Å²) in [5.74, 6) is 0. The molecular formula is C24H50NO7P. The Kier molecular flexibility index (Phi) is 23.8. The fourth-order valence-corrected chi connectivity index (χ4v) is 3.60. The maximum Gasteiger partial charge on any atom is 0.583 e. The highest BCUT2D eigenvalue weighted by Crippen LogP contribution is 2.43. The van der Waals surface area contributed by atoms with Gasteiger partial charge in [0.15, 0.2) is 0 Å². The number of phosphoric ester groups is 1. The Morgan fingerprint density at radius 1 is 0.697 bits per heavy atom. The molecule has 0 aliphatic heterocycles. The van der Waals surface area contributed by atoms with Crippen molar-refractivity contribution in [1.82, 2.24) is 4.90 Å². The van der Waals surface area contributed by atoms with Crippen LogP contribution in [0.1, 0.15) is 112 Å². The summed E-state index contributed by atoms with van der Waals surface area (Å²) in [6, 6.07) is 0. The van der Waals surface area contributed by atoms with E-state index in [9.17, 15) is 9.46 Å². The van der Waals surface area contributed by atoms with Crippen LogP contribution < -0.4 is 0 Å². The van der Waals surface area contributed by atoms with Crippen LogP contribution in [-0.4, -0.2) is 43.8 Å². The van der Waals surface area contributed by atoms with Crippen LogP contribution in [0, 0.1) is 0 Å². The van der Waals surface area contributed by atoms with Gasteiger partial charge in [-0.15, -0.1) is 0 Å². The average Bonchev–Trinajstić information content (AvgIpc) is 2.71. The number of hydrogen-bond acceptors (Lipinski definition) is 7. The zero-order valence-corrected chi connectivity index (χ0v) is 22.3. The average molecular weight is 496 g/mol. The summed E-state index contributed by atoms with van der Waals surface area (Å²) in [6.07, 6.45) is 17.3. The van der Waals surface area contributed by atoms with Gasteiger partial charge in [-0.2, -0.15) is 0 Å². The van der Waals surface area contributed by atoms with E-state index < -0.39 is 26.5 Å². The summed E-state index contributed by atoms with van der Waals surface area (Å²) in [6.45, 7) is 8.83. The smallest absolute Gasteiger partial charge is 0.404 e. The van der Waals surface area contributed by atoms with Gasteiger partial charge in [0.05, 0.1) is 12.5 Å². The predicted octanol–water partition coefficient (Wildman–Crippen LogP) is 6.17. The minimum Gasteiger partial charge on any atom is -0.404 e. The summed E-state index contributed by atoms with van der Waals surface area (Å²) < 4.78 is 21.1. The molecule has 0 aliphatic carbocycles. The van der Waals surface area contributed by atoms with Crippen LogP contribution >= 0.6 is 7.82 Å². The van der Waals surface area contributed by atoms with E-state index in [2.05, 4.69) is 13.8 Å². The Hall–Kier alpha value is -0.890. The third-order valence-electron chi connectivity index (χ3n) is 4.82. The molecule has 0 aromatic heterocycles. The SMILES string of the molecule is CC(O)N(C(C)O)C(C)O.CCCCCCCC=COP(=O)(O)OC=CCCCCCCC. The highest BCUT2D eigenvalue weighted by atomic mass is 31.2. The molecule has 9 heteroatoms. The normalized spacial score (nSPS) is 16.3. The van der Waals surface area contributed by atoms with Gasteiger partial charge in [0, 0.05) is 0 Å². The summed E-state index contributed by atoms with van der Waals surface area (Å²) in [5, 5.41) is 26.9. The first kappa shape index (κ1) is 34.3. The Morgan fingerprint density at radius 3 is 1.30 bits per heavy atom. The number of aliphatic hydroxyl groups excluding tert-OH is 3. The van der Waals surface area contributed by atoms with Crippen LogP contribution in [0.2, 0.25) is 0 Å². The van der Waals surface area contributed by atoms with E-state index in [1.54, 1.807) is 12.2 Å². The summed E-state index contributed by atoms with van der Waals surface area (Å²) >= 11 is 0. The van der Waals surface area contributed by atoms with Crippen molar-refractivity contribution in [3.63, 3.8) is 0 Å². The summed E-state index contributed by atoms with van der Waals surface area (Å²) in [5.41, 5.74) is 0. The van der Waals surface area contributed by atoms with Gasteiger partial charge in [0.25, 0.3) is 0 Å². The lowest BCUT2D eigenvalue weighted by atomic mass is 10.1. The number of unbranched alkanes of at least 4 members (excludes halogenated alkanes) is 10. The molecule has 33 heavy (non-hydrogen) atoms. The first-order valence-electron chi connectivity index (χ1n) is 12.4. The molecule has 3 unspecified atom stereocenters. The second-order valence-electron chi connectivity index (χ2n) is 8.17. The maximum atomic E-state index is 11.6. The van der Waals surface area contributed by atoms with Crippen LogP contribution in [-0.2, 0) is 13.6 Å². The van der Waals surface area contributed by atoms with Crippen molar-refractivity contribution in [2.24, 2.45) is 0 Å². The Bertz CT molecular complexity index is 476. The fraction of sp³-hybridized carbons (Fsp3) is 0.833. The van der Waals surface area contributed by atoms with Crippen molar-refractivity contribution in [3.8, 4) is 0 Å². The van der Waals surface area contributed by atoms with Crippen molar-refractivity contribution >= 4 is 7.82 Å². The van der Waals surface area contributed by atoms with E-state index in [1.807, 2.05) is 0 Å². The van der Waals surface area contributed by atoms with Gasteiger partial charge in [0.1, 0.15) is 18.7 Å². The third kappa shape index (κ3) is 24.0. The van der Waals surface area contributed by atoms with Gasteiger partial charge >= 0.3 is 7.82 Å². The van der Waals surface area contributed by atoms with Crippen molar-refractivity contribution in [1.29, 1.82) is 0 Å². The van der Waals surface area contributed by atoms with E-state index in [4.69, 9.17) is 24.4 Å². The molecule has 0 rings (SSSR count). The molecule has 4 N–H and O–H groups in total. The molecule has 0 spiro atoms. The molecule has 0 saturated carbocycles. The molecule has 0 saturated heterocycles. The van der Waals surface area contributed by atoms with Crippen LogP contribution in [0.4, 0.5) is 0 Å². The Labute approximate surface area is 201 Å². The fourth-order valence-electron chi connectivity index (χ4n) is 3.07. The zero-order chi connectivity index (χ0) is 25.5. The third-order valence-corrected chi connectivity index (χ3v) is 5.60. The molecule has 0 amide bonds. The molecule has 0 radical (unpaired) electrons. The number of rotatable bonds is 19. The second-order valence-corrected chi connectivity index (χ2v) is 9.53. The number of nitrogens with zero attached hydrogens (tertiary/aromatic N) is 1. The van der Waals surface area contributed by atoms with E-state index >= 15 is 0 Å². The van der Waals surface area contributed by atoms with Gasteiger partial charge in [0.2, 0.25) is 0 Å². The van der Waals surface area contributed by atoms with Gasteiger partial charge < -0.3 is 24.4 Å². The molecular weight excluding hydrogens is 445 g/mol. The van der Waals surface area contributed by atoms with E-state index in [0.717, 1.165) is 25.7 Å². The molecule has 8 nitrogen and oxygen atoms in total. The number of aliphatic hydroxyl groups is 3. The highest BCUT2D eigenvalue weighted by Gasteiger charge is 2.20. The first-order chi connectivity index (χ1) is 15.6. The quantitative estimate of drug-likeness (QED) is 0.0727. The molecule has 3 atom stereocenters. The van der Waals surface area contributed by atoms with Crippen LogP contribution in [0.3, 0.4) is 0 Å². The Morgan fingerprint density at radius 2 is 1.03 bits per heavy atom. The Balaban J connectivity index is 0. The van der Waals surface area contributed by atoms with E-state index in [1.165, 1.54) is 89.6 Å². The van der Waals surface area contributed by atoms with Gasteiger partial charge in [-0.3, -0.25) is 4.89 Å². The first-order valence-corrected chi connectivity index (χ1v) is 13.9. The number of phosphoric acid groups is 1. The highest BCUT2D eigenvalue weighted by molar-refractivity contribution is 7.47. The lowest BCUT2D eigenvalue weighted by Gasteiger charge is -2.30. The summed E-state index contributed by atoms with van der Waals surface area (Å²) in [4.78, 5) is 10.6. The summed E-state index contributed by atoms with van der Waals surface area (Å²) in [7, 11) is -4.00. The predicted molar refractivity (Wildman–Crippen MR) is 134 cm³/mol. The minimum atomic E-state index is -4.00.